The molecule has 26 heavy (non-hydrogen) atoms. The zero-order valence-corrected chi connectivity index (χ0v) is 15.0. The summed E-state index contributed by atoms with van der Waals surface area (Å²) in [6.45, 7) is 3.12. The Hall–Kier alpha value is -2.66. The van der Waals surface area contributed by atoms with Gasteiger partial charge in [-0.25, -0.2) is 0 Å². The van der Waals surface area contributed by atoms with Gasteiger partial charge in [0.15, 0.2) is 0 Å². The fraction of sp³-hybridized carbons (Fsp3) is 0.333. The van der Waals surface area contributed by atoms with E-state index in [1.165, 1.54) is 5.56 Å². The molecular formula is C21H23N3O2. The number of ether oxygens (including phenoxy) is 1. The number of benzene rings is 2. The summed E-state index contributed by atoms with van der Waals surface area (Å²) >= 11 is 0. The second-order valence-electron chi connectivity index (χ2n) is 6.71. The first-order valence-electron chi connectivity index (χ1n) is 9.06. The summed E-state index contributed by atoms with van der Waals surface area (Å²) in [5.74, 6) is 2.48. The molecule has 0 saturated carbocycles. The summed E-state index contributed by atoms with van der Waals surface area (Å²) < 4.78 is 10.8. The average molecular weight is 349 g/mol. The lowest BCUT2D eigenvalue weighted by Crippen LogP contribution is -2.23. The van der Waals surface area contributed by atoms with E-state index in [4.69, 9.17) is 9.26 Å². The fourth-order valence-electron chi connectivity index (χ4n) is 3.45. The van der Waals surface area contributed by atoms with Crippen LogP contribution in [0.15, 0.2) is 59.1 Å². The van der Waals surface area contributed by atoms with Crippen LogP contribution in [0, 0.1) is 0 Å². The molecule has 0 amide bonds. The number of likely N-dealkylation sites (tertiary alicyclic amines) is 1. The van der Waals surface area contributed by atoms with Crippen LogP contribution in [-0.2, 0) is 6.42 Å². The van der Waals surface area contributed by atoms with Gasteiger partial charge in [0, 0.05) is 18.7 Å². The number of aromatic nitrogens is 2. The maximum absolute atomic E-state index is 5.56. The van der Waals surface area contributed by atoms with Crippen LogP contribution in [0.2, 0.25) is 0 Å². The van der Waals surface area contributed by atoms with Crippen LogP contribution in [0.4, 0.5) is 0 Å². The first-order valence-corrected chi connectivity index (χ1v) is 9.06. The van der Waals surface area contributed by atoms with E-state index in [9.17, 15) is 0 Å². The summed E-state index contributed by atoms with van der Waals surface area (Å²) in [6, 6.07) is 18.4. The Kier molecular flexibility index (Phi) is 4.97. The first kappa shape index (κ1) is 16.8. The van der Waals surface area contributed by atoms with E-state index in [0.717, 1.165) is 49.7 Å². The molecule has 1 aliphatic rings. The predicted molar refractivity (Wildman–Crippen MR) is 100 cm³/mol. The molecular weight excluding hydrogens is 326 g/mol. The van der Waals surface area contributed by atoms with Crippen LogP contribution >= 0.6 is 0 Å². The quantitative estimate of drug-likeness (QED) is 0.678. The van der Waals surface area contributed by atoms with Crippen molar-refractivity contribution in [1.82, 2.24) is 15.0 Å². The molecule has 0 radical (unpaired) electrons. The molecule has 5 nitrogen and oxygen atoms in total. The van der Waals surface area contributed by atoms with Crippen LogP contribution in [-0.4, -0.2) is 41.8 Å². The Morgan fingerprint density at radius 3 is 2.88 bits per heavy atom. The minimum atomic E-state index is 0.317. The molecule has 5 heteroatoms. The molecule has 0 spiro atoms. The van der Waals surface area contributed by atoms with E-state index >= 15 is 0 Å². The Morgan fingerprint density at radius 1 is 1.15 bits per heavy atom. The van der Waals surface area contributed by atoms with E-state index in [2.05, 4.69) is 45.4 Å². The van der Waals surface area contributed by atoms with Crippen molar-refractivity contribution >= 4 is 0 Å². The highest BCUT2D eigenvalue weighted by molar-refractivity contribution is 5.56. The summed E-state index contributed by atoms with van der Waals surface area (Å²) in [4.78, 5) is 7.11. The van der Waals surface area contributed by atoms with Gasteiger partial charge in [0.25, 0.3) is 0 Å². The lowest BCUT2D eigenvalue weighted by molar-refractivity contribution is 0.318. The molecule has 1 aliphatic heterocycles. The molecule has 3 aromatic rings. The average Bonchev–Trinajstić information content (AvgIpc) is 3.37. The van der Waals surface area contributed by atoms with Gasteiger partial charge in [0.1, 0.15) is 5.75 Å². The molecule has 1 fully saturated rings. The van der Waals surface area contributed by atoms with Crippen molar-refractivity contribution in [3.8, 4) is 17.1 Å². The number of hydrogen-bond acceptors (Lipinski definition) is 5. The molecule has 1 saturated heterocycles. The van der Waals surface area contributed by atoms with Gasteiger partial charge in [-0.05, 0) is 37.1 Å². The van der Waals surface area contributed by atoms with E-state index in [-0.39, 0.29) is 0 Å². The standard InChI is InChI=1S/C21H23N3O2/c1-25-19-9-5-8-17(14-19)20-22-21(26-23-20)18-11-13-24(15-18)12-10-16-6-3-2-4-7-16/h2-9,14,18H,10-13,15H2,1H3/t18-/m0/s1. The van der Waals surface area contributed by atoms with E-state index in [1.54, 1.807) is 7.11 Å². The van der Waals surface area contributed by atoms with Gasteiger partial charge in [-0.1, -0.05) is 47.6 Å². The van der Waals surface area contributed by atoms with Crippen LogP contribution in [0.25, 0.3) is 11.4 Å². The highest BCUT2D eigenvalue weighted by atomic mass is 16.5. The third-order valence-corrected chi connectivity index (χ3v) is 4.95. The Bertz CT molecular complexity index is 847. The first-order chi connectivity index (χ1) is 12.8. The van der Waals surface area contributed by atoms with Gasteiger partial charge >= 0.3 is 0 Å². The van der Waals surface area contributed by atoms with Crippen LogP contribution in [0.1, 0.15) is 23.8 Å². The van der Waals surface area contributed by atoms with Crippen molar-refractivity contribution in [2.75, 3.05) is 26.7 Å². The molecule has 2 aromatic carbocycles. The maximum atomic E-state index is 5.56. The molecule has 0 bridgehead atoms. The van der Waals surface area contributed by atoms with Crippen LogP contribution in [0.5, 0.6) is 5.75 Å². The van der Waals surface area contributed by atoms with Crippen molar-refractivity contribution in [1.29, 1.82) is 0 Å². The minimum absolute atomic E-state index is 0.317. The summed E-state index contributed by atoms with van der Waals surface area (Å²) in [5, 5.41) is 4.16. The SMILES string of the molecule is COc1cccc(-c2noc([C@H]3CCN(CCc4ccccc4)C3)n2)c1. The monoisotopic (exact) mass is 349 g/mol. The minimum Gasteiger partial charge on any atom is -0.497 e. The molecule has 0 N–H and O–H groups in total. The molecule has 1 aromatic heterocycles. The zero-order valence-electron chi connectivity index (χ0n) is 15.0. The second kappa shape index (κ2) is 7.70. The van der Waals surface area contributed by atoms with Gasteiger partial charge in [-0.15, -0.1) is 0 Å². The Balaban J connectivity index is 1.37. The largest absolute Gasteiger partial charge is 0.497 e. The van der Waals surface area contributed by atoms with Gasteiger partial charge in [0.05, 0.1) is 13.0 Å². The molecule has 4 rings (SSSR count). The summed E-state index contributed by atoms with van der Waals surface area (Å²) in [5.41, 5.74) is 2.30. The number of methoxy groups -OCH3 is 1. The topological polar surface area (TPSA) is 51.4 Å². The molecule has 134 valence electrons. The zero-order chi connectivity index (χ0) is 17.8. The highest BCUT2D eigenvalue weighted by Crippen LogP contribution is 2.28. The summed E-state index contributed by atoms with van der Waals surface area (Å²) in [7, 11) is 1.66. The van der Waals surface area contributed by atoms with Crippen LogP contribution < -0.4 is 4.74 Å². The van der Waals surface area contributed by atoms with Crippen molar-refractivity contribution in [3.05, 3.63) is 66.1 Å². The molecule has 1 atom stereocenters. The number of hydrogen-bond donors (Lipinski definition) is 0. The third kappa shape index (κ3) is 3.78. The molecule has 2 heterocycles. The van der Waals surface area contributed by atoms with Crippen molar-refractivity contribution in [2.24, 2.45) is 0 Å². The maximum Gasteiger partial charge on any atom is 0.231 e. The Morgan fingerprint density at radius 2 is 2.04 bits per heavy atom. The normalized spacial score (nSPS) is 17.5. The molecule has 0 aliphatic carbocycles. The van der Waals surface area contributed by atoms with Crippen molar-refractivity contribution in [3.63, 3.8) is 0 Å². The molecule has 0 unspecified atom stereocenters. The Labute approximate surface area is 153 Å². The summed E-state index contributed by atoms with van der Waals surface area (Å²) in [6.07, 6.45) is 2.14. The van der Waals surface area contributed by atoms with Gasteiger partial charge in [0.2, 0.25) is 11.7 Å². The fourth-order valence-corrected chi connectivity index (χ4v) is 3.45. The smallest absolute Gasteiger partial charge is 0.231 e. The predicted octanol–water partition coefficient (Wildman–Crippen LogP) is 3.78. The van der Waals surface area contributed by atoms with E-state index < -0.39 is 0 Å². The lowest BCUT2D eigenvalue weighted by atomic mass is 10.1. The van der Waals surface area contributed by atoms with Crippen LogP contribution in [0.3, 0.4) is 0 Å². The highest BCUT2D eigenvalue weighted by Gasteiger charge is 2.28. The van der Waals surface area contributed by atoms with Crippen molar-refractivity contribution in [2.45, 2.75) is 18.8 Å². The van der Waals surface area contributed by atoms with Gasteiger partial charge < -0.3 is 14.2 Å². The van der Waals surface area contributed by atoms with Gasteiger partial charge in [-0.2, -0.15) is 4.98 Å². The van der Waals surface area contributed by atoms with Crippen molar-refractivity contribution < 1.29 is 9.26 Å². The second-order valence-corrected chi connectivity index (χ2v) is 6.71. The third-order valence-electron chi connectivity index (χ3n) is 4.95. The van der Waals surface area contributed by atoms with E-state index in [1.807, 2.05) is 24.3 Å². The number of nitrogens with zero attached hydrogens (tertiary/aromatic N) is 3. The van der Waals surface area contributed by atoms with E-state index in [0.29, 0.717) is 11.7 Å². The lowest BCUT2D eigenvalue weighted by Gasteiger charge is -2.14. The number of rotatable bonds is 6. The van der Waals surface area contributed by atoms with Gasteiger partial charge in [-0.3, -0.25) is 0 Å².